The Bertz CT molecular complexity index is 935. The van der Waals surface area contributed by atoms with E-state index in [-0.39, 0.29) is 11.0 Å². The van der Waals surface area contributed by atoms with Gasteiger partial charge in [-0.2, -0.15) is 0 Å². The molecule has 4 nitrogen and oxygen atoms in total. The molecule has 0 radical (unpaired) electrons. The predicted octanol–water partition coefficient (Wildman–Crippen LogP) is 6.33. The molecule has 2 saturated heterocycles. The van der Waals surface area contributed by atoms with Crippen LogP contribution in [-0.2, 0) is 9.47 Å². The highest BCUT2D eigenvalue weighted by atomic mass is 16.6. The highest BCUT2D eigenvalue weighted by Crippen LogP contribution is 2.77. The van der Waals surface area contributed by atoms with Crippen LogP contribution in [0, 0.1) is 22.7 Å². The van der Waals surface area contributed by atoms with Crippen LogP contribution in [0.2, 0.25) is 0 Å². The fraction of sp³-hybridized carbons (Fsp3) is 0.800. The summed E-state index contributed by atoms with van der Waals surface area (Å²) in [4.78, 5) is 2.61. The first kappa shape index (κ1) is 22.1. The Kier molecular flexibility index (Phi) is 5.17. The van der Waals surface area contributed by atoms with Crippen LogP contribution in [0.25, 0.3) is 0 Å². The van der Waals surface area contributed by atoms with Crippen LogP contribution >= 0.6 is 0 Å². The first-order valence-electron chi connectivity index (χ1n) is 14.3. The van der Waals surface area contributed by atoms with E-state index < -0.39 is 0 Å². The van der Waals surface area contributed by atoms with E-state index in [1.165, 1.54) is 83.0 Å². The first-order valence-corrected chi connectivity index (χ1v) is 14.3. The maximum Gasteiger partial charge on any atom is 0.104 e. The number of likely N-dealkylation sites (tertiary alicyclic amines) is 1. The Labute approximate surface area is 205 Å². The minimum absolute atomic E-state index is 0.103. The van der Waals surface area contributed by atoms with E-state index >= 15 is 0 Å². The molecule has 186 valence electrons. The van der Waals surface area contributed by atoms with E-state index in [2.05, 4.69) is 30.9 Å². The second-order valence-corrected chi connectivity index (χ2v) is 12.9. The number of hydrogen-bond donors (Lipinski definition) is 0. The lowest BCUT2D eigenvalue weighted by Gasteiger charge is -2.58. The smallest absolute Gasteiger partial charge is 0.104 e. The molecule has 0 aromatic carbocycles. The van der Waals surface area contributed by atoms with Gasteiger partial charge in [-0.15, -0.1) is 0 Å². The summed E-state index contributed by atoms with van der Waals surface area (Å²) in [5.74, 6) is 2.04. The normalized spacial score (nSPS) is 47.5. The first-order chi connectivity index (χ1) is 16.5. The van der Waals surface area contributed by atoms with E-state index in [0.717, 1.165) is 18.9 Å². The summed E-state index contributed by atoms with van der Waals surface area (Å²) in [6.07, 6.45) is 20.1. The van der Waals surface area contributed by atoms with Crippen LogP contribution in [0.1, 0.15) is 89.5 Å². The van der Waals surface area contributed by atoms with Crippen molar-refractivity contribution in [1.29, 1.82) is 0 Å². The van der Waals surface area contributed by atoms with Crippen LogP contribution < -0.4 is 0 Å². The Hall–Kier alpha value is -1.10. The SMILES string of the molecule is C[C@]12CCC(OCCCN3CCCC3)CC1=CC[C@@H]1[C@H]2CC[C@]2(C)C(c3ccoc3)CC3O[C@]312. The van der Waals surface area contributed by atoms with Crippen LogP contribution in [0.3, 0.4) is 0 Å². The van der Waals surface area contributed by atoms with Crippen molar-refractivity contribution >= 4 is 0 Å². The monoisotopic (exact) mass is 465 g/mol. The van der Waals surface area contributed by atoms with Crippen LogP contribution in [-0.4, -0.2) is 49.0 Å². The topological polar surface area (TPSA) is 38.1 Å². The van der Waals surface area contributed by atoms with Gasteiger partial charge in [0, 0.05) is 18.6 Å². The molecule has 1 spiro atoms. The van der Waals surface area contributed by atoms with Gasteiger partial charge in [-0.3, -0.25) is 0 Å². The van der Waals surface area contributed by atoms with Gasteiger partial charge in [0.2, 0.25) is 0 Å². The van der Waals surface area contributed by atoms with Crippen LogP contribution in [0.5, 0.6) is 0 Å². The fourth-order valence-corrected chi connectivity index (χ4v) is 9.73. The van der Waals surface area contributed by atoms with Gasteiger partial charge in [0.05, 0.1) is 24.7 Å². The van der Waals surface area contributed by atoms with E-state index in [1.807, 2.05) is 12.5 Å². The number of ether oxygens (including phenoxy) is 2. The molecule has 2 aliphatic heterocycles. The van der Waals surface area contributed by atoms with Gasteiger partial charge in [0.1, 0.15) is 5.60 Å². The summed E-state index contributed by atoms with van der Waals surface area (Å²) in [5, 5.41) is 0. The van der Waals surface area contributed by atoms with E-state index in [9.17, 15) is 0 Å². The number of rotatable bonds is 6. The van der Waals surface area contributed by atoms with Crippen molar-refractivity contribution in [3.05, 3.63) is 35.8 Å². The molecular formula is C30H43NO3. The minimum Gasteiger partial charge on any atom is -0.472 e. The zero-order chi connectivity index (χ0) is 23.0. The molecule has 3 heterocycles. The molecule has 34 heavy (non-hydrogen) atoms. The molecule has 3 saturated carbocycles. The second kappa shape index (κ2) is 7.95. The quantitative estimate of drug-likeness (QED) is 0.280. The van der Waals surface area contributed by atoms with Crippen molar-refractivity contribution in [2.75, 3.05) is 26.2 Å². The molecule has 4 heteroatoms. The molecule has 0 N–H and O–H groups in total. The van der Waals surface area contributed by atoms with Gasteiger partial charge in [-0.05, 0) is 112 Å². The van der Waals surface area contributed by atoms with Gasteiger partial charge in [0.25, 0.3) is 0 Å². The Balaban J connectivity index is 1.04. The average molecular weight is 466 g/mol. The zero-order valence-electron chi connectivity index (χ0n) is 21.3. The Morgan fingerprint density at radius 3 is 2.82 bits per heavy atom. The maximum atomic E-state index is 6.71. The molecule has 0 bridgehead atoms. The van der Waals surface area contributed by atoms with Gasteiger partial charge in [0.15, 0.2) is 0 Å². The lowest BCUT2D eigenvalue weighted by Crippen LogP contribution is -2.55. The zero-order valence-corrected chi connectivity index (χ0v) is 21.3. The largest absolute Gasteiger partial charge is 0.472 e. The van der Waals surface area contributed by atoms with Gasteiger partial charge < -0.3 is 18.8 Å². The summed E-state index contributed by atoms with van der Waals surface area (Å²) < 4.78 is 18.6. The predicted molar refractivity (Wildman–Crippen MR) is 133 cm³/mol. The van der Waals surface area contributed by atoms with E-state index in [0.29, 0.717) is 29.5 Å². The van der Waals surface area contributed by atoms with Crippen molar-refractivity contribution in [1.82, 2.24) is 4.90 Å². The highest BCUT2D eigenvalue weighted by Gasteiger charge is 2.80. The third-order valence-electron chi connectivity index (χ3n) is 11.6. The fourth-order valence-electron chi connectivity index (χ4n) is 9.73. The van der Waals surface area contributed by atoms with E-state index in [4.69, 9.17) is 13.9 Å². The lowest BCUT2D eigenvalue weighted by atomic mass is 9.46. The summed E-state index contributed by atoms with van der Waals surface area (Å²) in [6, 6.07) is 2.20. The summed E-state index contributed by atoms with van der Waals surface area (Å²) in [5.41, 5.74) is 3.81. The van der Waals surface area contributed by atoms with Gasteiger partial charge in [-0.25, -0.2) is 0 Å². The van der Waals surface area contributed by atoms with Gasteiger partial charge >= 0.3 is 0 Å². The third kappa shape index (κ3) is 3.07. The molecule has 3 unspecified atom stereocenters. The standard InChI is InChI=1S/C30H43NO3/c1-28-11-8-23(33-16-5-15-31-13-3-4-14-31)18-22(28)6-7-25-24(28)9-12-29(2)26(21-10-17-32-20-21)19-27-30(25,29)34-27/h6,10,17,20,23-27H,3-5,7-9,11-16,18-19H2,1-2H3/t23?,24-,25-,26?,27?,28+,29-,30+/m1/s1. The molecule has 6 aliphatic rings. The summed E-state index contributed by atoms with van der Waals surface area (Å²) >= 11 is 0. The number of furan rings is 1. The molecule has 7 rings (SSSR count). The number of allylic oxidation sites excluding steroid dienone is 1. The Morgan fingerprint density at radius 1 is 1.12 bits per heavy atom. The van der Waals surface area contributed by atoms with Crippen molar-refractivity contribution in [3.8, 4) is 0 Å². The number of nitrogens with zero attached hydrogens (tertiary/aromatic N) is 1. The van der Waals surface area contributed by atoms with Crippen molar-refractivity contribution in [3.63, 3.8) is 0 Å². The number of fused-ring (bicyclic) bond motifs is 3. The van der Waals surface area contributed by atoms with Crippen molar-refractivity contribution in [2.24, 2.45) is 22.7 Å². The second-order valence-electron chi connectivity index (χ2n) is 12.9. The number of epoxide rings is 1. The van der Waals surface area contributed by atoms with E-state index in [1.54, 1.807) is 5.57 Å². The third-order valence-corrected chi connectivity index (χ3v) is 11.6. The van der Waals surface area contributed by atoms with Crippen LogP contribution in [0.15, 0.2) is 34.7 Å². The minimum atomic E-state index is 0.103. The molecule has 1 aromatic rings. The number of hydrogen-bond acceptors (Lipinski definition) is 4. The highest BCUT2D eigenvalue weighted by molar-refractivity contribution is 5.37. The van der Waals surface area contributed by atoms with Gasteiger partial charge in [-0.1, -0.05) is 25.5 Å². The molecule has 8 atom stereocenters. The summed E-state index contributed by atoms with van der Waals surface area (Å²) in [6.45, 7) is 9.89. The van der Waals surface area contributed by atoms with Crippen LogP contribution in [0.4, 0.5) is 0 Å². The maximum absolute atomic E-state index is 6.71. The molecule has 4 aliphatic carbocycles. The van der Waals surface area contributed by atoms with Crippen molar-refractivity contribution in [2.45, 2.75) is 102 Å². The molecule has 5 fully saturated rings. The average Bonchev–Trinajstić information content (AvgIpc) is 3.26. The summed E-state index contributed by atoms with van der Waals surface area (Å²) in [7, 11) is 0. The lowest BCUT2D eigenvalue weighted by molar-refractivity contribution is -0.0805. The Morgan fingerprint density at radius 2 is 2.00 bits per heavy atom. The molecular weight excluding hydrogens is 422 g/mol. The molecule has 1 aromatic heterocycles. The van der Waals surface area contributed by atoms with Crippen molar-refractivity contribution < 1.29 is 13.9 Å². The molecule has 0 amide bonds.